The molecule has 0 spiro atoms. The van der Waals surface area contributed by atoms with Crippen LogP contribution in [-0.2, 0) is 9.53 Å². The van der Waals surface area contributed by atoms with Gasteiger partial charge in [0.05, 0.1) is 6.10 Å². The van der Waals surface area contributed by atoms with Gasteiger partial charge in [-0.1, -0.05) is 0 Å². The number of rotatable bonds is 5. The SMILES string of the molecule is COC(CN(C)C(C)=O)CN1[C@@H]2C[CH]C[C@H]1CC2. The summed E-state index contributed by atoms with van der Waals surface area (Å²) in [6.45, 7) is 3.25. The highest BCUT2D eigenvalue weighted by Crippen LogP contribution is 2.35. The first-order chi connectivity index (χ1) is 8.61. The Balaban J connectivity index is 1.88. The van der Waals surface area contributed by atoms with E-state index in [-0.39, 0.29) is 12.0 Å². The predicted molar refractivity (Wildman–Crippen MR) is 71.2 cm³/mol. The van der Waals surface area contributed by atoms with Crippen molar-refractivity contribution in [2.75, 3.05) is 27.2 Å². The van der Waals surface area contributed by atoms with Gasteiger partial charge in [-0.05, 0) is 32.1 Å². The Morgan fingerprint density at radius 1 is 1.44 bits per heavy atom. The molecule has 0 aromatic carbocycles. The molecular weight excluding hydrogens is 228 g/mol. The monoisotopic (exact) mass is 253 g/mol. The zero-order valence-corrected chi connectivity index (χ0v) is 11.8. The number of hydrogen-bond donors (Lipinski definition) is 0. The van der Waals surface area contributed by atoms with Gasteiger partial charge >= 0.3 is 0 Å². The summed E-state index contributed by atoms with van der Waals surface area (Å²) < 4.78 is 5.55. The van der Waals surface area contributed by atoms with E-state index in [2.05, 4.69) is 11.3 Å². The van der Waals surface area contributed by atoms with Crippen LogP contribution in [0.5, 0.6) is 0 Å². The average Bonchev–Trinajstić information content (AvgIpc) is 2.59. The number of hydrogen-bond acceptors (Lipinski definition) is 3. The van der Waals surface area contributed by atoms with Crippen molar-refractivity contribution >= 4 is 5.91 Å². The molecule has 2 fully saturated rings. The highest BCUT2D eigenvalue weighted by molar-refractivity contribution is 5.72. The first-order valence-electron chi connectivity index (χ1n) is 6.93. The molecule has 0 aliphatic carbocycles. The molecule has 2 saturated heterocycles. The Morgan fingerprint density at radius 3 is 2.56 bits per heavy atom. The molecule has 1 amide bonds. The van der Waals surface area contributed by atoms with Crippen LogP contribution in [0.15, 0.2) is 0 Å². The number of likely N-dealkylation sites (N-methyl/N-ethyl adjacent to an activating group) is 1. The van der Waals surface area contributed by atoms with Crippen molar-refractivity contribution in [3.63, 3.8) is 0 Å². The maximum atomic E-state index is 11.3. The molecule has 0 aromatic heterocycles. The lowest BCUT2D eigenvalue weighted by atomic mass is 10.0. The van der Waals surface area contributed by atoms with E-state index in [0.717, 1.165) is 6.54 Å². The molecule has 0 aromatic rings. The molecule has 2 aliphatic heterocycles. The third kappa shape index (κ3) is 3.04. The maximum Gasteiger partial charge on any atom is 0.219 e. The number of piperidine rings is 1. The first-order valence-corrected chi connectivity index (χ1v) is 6.93. The summed E-state index contributed by atoms with van der Waals surface area (Å²) in [6, 6.07) is 1.42. The minimum Gasteiger partial charge on any atom is -0.378 e. The summed E-state index contributed by atoms with van der Waals surface area (Å²) in [4.78, 5) is 15.6. The van der Waals surface area contributed by atoms with Gasteiger partial charge in [-0.25, -0.2) is 0 Å². The molecule has 2 rings (SSSR count). The van der Waals surface area contributed by atoms with E-state index in [0.29, 0.717) is 18.6 Å². The molecule has 2 aliphatic rings. The topological polar surface area (TPSA) is 32.8 Å². The molecule has 2 heterocycles. The number of methoxy groups -OCH3 is 1. The fourth-order valence-corrected chi connectivity index (χ4v) is 3.18. The Kier molecular flexibility index (Phi) is 4.62. The largest absolute Gasteiger partial charge is 0.378 e. The van der Waals surface area contributed by atoms with E-state index >= 15 is 0 Å². The molecule has 103 valence electrons. The van der Waals surface area contributed by atoms with Crippen LogP contribution in [0.1, 0.15) is 32.6 Å². The van der Waals surface area contributed by atoms with Crippen LogP contribution in [0.3, 0.4) is 0 Å². The minimum atomic E-state index is 0.104. The van der Waals surface area contributed by atoms with Crippen molar-refractivity contribution in [1.29, 1.82) is 0 Å². The van der Waals surface area contributed by atoms with Gasteiger partial charge in [0.15, 0.2) is 0 Å². The highest BCUT2D eigenvalue weighted by atomic mass is 16.5. The summed E-state index contributed by atoms with van der Waals surface area (Å²) in [5.41, 5.74) is 0. The van der Waals surface area contributed by atoms with E-state index in [1.165, 1.54) is 25.7 Å². The average molecular weight is 253 g/mol. The third-order valence-electron chi connectivity index (χ3n) is 4.41. The summed E-state index contributed by atoms with van der Waals surface area (Å²) in [6.07, 6.45) is 7.63. The second-order valence-electron chi connectivity index (χ2n) is 5.60. The van der Waals surface area contributed by atoms with E-state index in [1.807, 2.05) is 7.05 Å². The Hall–Kier alpha value is -0.610. The molecule has 0 N–H and O–H groups in total. The van der Waals surface area contributed by atoms with Gasteiger partial charge in [0.2, 0.25) is 5.91 Å². The Bertz CT molecular complexity index is 280. The number of fused-ring (bicyclic) bond motifs is 2. The fourth-order valence-electron chi connectivity index (χ4n) is 3.18. The maximum absolute atomic E-state index is 11.3. The second-order valence-corrected chi connectivity index (χ2v) is 5.60. The van der Waals surface area contributed by atoms with Crippen molar-refractivity contribution in [3.05, 3.63) is 6.42 Å². The van der Waals surface area contributed by atoms with Crippen LogP contribution in [0.2, 0.25) is 0 Å². The molecule has 1 radical (unpaired) electrons. The molecule has 18 heavy (non-hydrogen) atoms. The van der Waals surface area contributed by atoms with Gasteiger partial charge in [0.25, 0.3) is 0 Å². The smallest absolute Gasteiger partial charge is 0.219 e. The number of carbonyl (C=O) groups excluding carboxylic acids is 1. The van der Waals surface area contributed by atoms with Crippen LogP contribution in [0.4, 0.5) is 0 Å². The quantitative estimate of drug-likeness (QED) is 0.740. The Morgan fingerprint density at radius 2 is 2.06 bits per heavy atom. The van der Waals surface area contributed by atoms with E-state index in [4.69, 9.17) is 4.74 Å². The second kappa shape index (κ2) is 6.02. The molecule has 4 heteroatoms. The lowest BCUT2D eigenvalue weighted by molar-refractivity contribution is -0.129. The highest BCUT2D eigenvalue weighted by Gasteiger charge is 2.37. The van der Waals surface area contributed by atoms with Gasteiger partial charge < -0.3 is 9.64 Å². The van der Waals surface area contributed by atoms with Crippen molar-refractivity contribution < 1.29 is 9.53 Å². The number of carbonyl (C=O) groups is 1. The van der Waals surface area contributed by atoms with E-state index in [1.54, 1.807) is 18.9 Å². The predicted octanol–water partition coefficient (Wildman–Crippen LogP) is 1.31. The summed E-state index contributed by atoms with van der Waals surface area (Å²) in [5, 5.41) is 0. The van der Waals surface area contributed by atoms with Gasteiger partial charge in [0, 0.05) is 46.3 Å². The van der Waals surface area contributed by atoms with Gasteiger partial charge in [0.1, 0.15) is 0 Å². The van der Waals surface area contributed by atoms with Crippen LogP contribution < -0.4 is 0 Å². The number of ether oxygens (including phenoxy) is 1. The van der Waals surface area contributed by atoms with Crippen molar-refractivity contribution in [3.8, 4) is 0 Å². The van der Waals surface area contributed by atoms with Gasteiger partial charge in [-0.2, -0.15) is 0 Å². The summed E-state index contributed by atoms with van der Waals surface area (Å²) in [7, 11) is 3.59. The first kappa shape index (κ1) is 13.8. The summed E-state index contributed by atoms with van der Waals surface area (Å²) in [5.74, 6) is 0.104. The van der Waals surface area contributed by atoms with Gasteiger partial charge in [-0.15, -0.1) is 0 Å². The lowest BCUT2D eigenvalue weighted by Gasteiger charge is -2.37. The molecular formula is C14H25N2O2. The Labute approximate surface area is 110 Å². The summed E-state index contributed by atoms with van der Waals surface area (Å²) >= 11 is 0. The zero-order valence-electron chi connectivity index (χ0n) is 11.8. The van der Waals surface area contributed by atoms with E-state index in [9.17, 15) is 4.79 Å². The molecule has 0 saturated carbocycles. The fraction of sp³-hybridized carbons (Fsp3) is 0.857. The molecule has 3 atom stereocenters. The molecule has 2 bridgehead atoms. The van der Waals surface area contributed by atoms with Crippen LogP contribution >= 0.6 is 0 Å². The minimum absolute atomic E-state index is 0.104. The molecule has 4 nitrogen and oxygen atoms in total. The van der Waals surface area contributed by atoms with Crippen LogP contribution in [0, 0.1) is 6.42 Å². The molecule has 1 unspecified atom stereocenters. The standard InChI is InChI=1S/C14H25N2O2/c1-11(17)15(2)9-14(18-3)10-16-12-5-4-6-13(16)8-7-12/h4,12-14H,5-10H2,1-3H3/t12-,13+,14?. The third-order valence-corrected chi connectivity index (χ3v) is 4.41. The number of nitrogens with zero attached hydrogens (tertiary/aromatic N) is 2. The van der Waals surface area contributed by atoms with Gasteiger partial charge in [-0.3, -0.25) is 9.69 Å². The lowest BCUT2D eigenvalue weighted by Crippen LogP contribution is -2.47. The van der Waals surface area contributed by atoms with Crippen molar-refractivity contribution in [1.82, 2.24) is 9.80 Å². The number of amides is 1. The van der Waals surface area contributed by atoms with E-state index < -0.39 is 0 Å². The normalized spacial score (nSPS) is 29.3. The van der Waals surface area contributed by atoms with Crippen LogP contribution in [-0.4, -0.2) is 61.1 Å². The zero-order chi connectivity index (χ0) is 13.1. The van der Waals surface area contributed by atoms with Crippen LogP contribution in [0.25, 0.3) is 0 Å². The van der Waals surface area contributed by atoms with Crippen molar-refractivity contribution in [2.45, 2.75) is 50.8 Å². The van der Waals surface area contributed by atoms with Crippen molar-refractivity contribution in [2.24, 2.45) is 0 Å².